The van der Waals surface area contributed by atoms with Crippen molar-refractivity contribution < 1.29 is 22.8 Å². The number of aromatic nitrogens is 2. The molecule has 0 radical (unpaired) electrons. The van der Waals surface area contributed by atoms with Crippen molar-refractivity contribution in [2.24, 2.45) is 0 Å². The Balaban J connectivity index is 2.32. The standard InChI is InChI=1S/C13H10F3N3O2S/c1-6-9(10(17)21-19-6)12(20,13(14,15)16)11-18-7-4-2-3-5-8(7)22-11/h2-5,20H,17H2,1H3. The van der Waals surface area contributed by atoms with Crippen LogP contribution in [-0.4, -0.2) is 21.4 Å². The number of benzene rings is 1. The molecule has 0 aliphatic rings. The molecule has 1 unspecified atom stereocenters. The van der Waals surface area contributed by atoms with E-state index in [9.17, 15) is 18.3 Å². The van der Waals surface area contributed by atoms with Crippen molar-refractivity contribution in [1.29, 1.82) is 0 Å². The molecule has 0 saturated heterocycles. The van der Waals surface area contributed by atoms with Gasteiger partial charge in [0.2, 0.25) is 11.5 Å². The minimum atomic E-state index is -5.04. The third-order valence-corrected chi connectivity index (χ3v) is 4.41. The number of nitrogens with two attached hydrogens (primary N) is 1. The summed E-state index contributed by atoms with van der Waals surface area (Å²) < 4.78 is 46.0. The number of nitrogen functional groups attached to an aromatic ring is 1. The van der Waals surface area contributed by atoms with Crippen LogP contribution in [0.2, 0.25) is 0 Å². The number of hydrogen-bond acceptors (Lipinski definition) is 6. The minimum absolute atomic E-state index is 0.142. The van der Waals surface area contributed by atoms with E-state index in [-0.39, 0.29) is 5.69 Å². The lowest BCUT2D eigenvalue weighted by molar-refractivity contribution is -0.248. The number of nitrogens with zero attached hydrogens (tertiary/aromatic N) is 2. The second-order valence-corrected chi connectivity index (χ2v) is 5.73. The fraction of sp³-hybridized carbons (Fsp3) is 0.231. The number of alkyl halides is 3. The van der Waals surface area contributed by atoms with Gasteiger partial charge in [-0.3, -0.25) is 0 Å². The van der Waals surface area contributed by atoms with Gasteiger partial charge in [-0.15, -0.1) is 11.3 Å². The van der Waals surface area contributed by atoms with Crippen molar-refractivity contribution in [3.05, 3.63) is 40.5 Å². The Morgan fingerprint density at radius 3 is 2.50 bits per heavy atom. The second kappa shape index (κ2) is 4.68. The molecule has 0 fully saturated rings. The highest BCUT2D eigenvalue weighted by molar-refractivity contribution is 7.18. The first-order chi connectivity index (χ1) is 10.2. The number of fused-ring (bicyclic) bond motifs is 1. The number of thiazole rings is 1. The molecule has 0 saturated carbocycles. The summed E-state index contributed by atoms with van der Waals surface area (Å²) in [5, 5.41) is 13.3. The number of aliphatic hydroxyl groups is 1. The van der Waals surface area contributed by atoms with Gasteiger partial charge in [0, 0.05) is 0 Å². The number of para-hydroxylation sites is 1. The summed E-state index contributed by atoms with van der Waals surface area (Å²) in [6, 6.07) is 6.51. The largest absolute Gasteiger partial charge is 0.428 e. The molecule has 3 rings (SSSR count). The first-order valence-corrected chi connectivity index (χ1v) is 6.94. The zero-order chi connectivity index (χ0) is 16.1. The molecule has 116 valence electrons. The van der Waals surface area contributed by atoms with Gasteiger partial charge in [-0.05, 0) is 19.1 Å². The normalized spacial score (nSPS) is 15.1. The van der Waals surface area contributed by atoms with Crippen molar-refractivity contribution in [2.45, 2.75) is 18.7 Å². The van der Waals surface area contributed by atoms with E-state index in [1.807, 2.05) is 0 Å². The molecule has 2 heterocycles. The van der Waals surface area contributed by atoms with Gasteiger partial charge in [-0.1, -0.05) is 17.3 Å². The minimum Gasteiger partial charge on any atom is -0.370 e. The molecule has 0 aliphatic heterocycles. The van der Waals surface area contributed by atoms with E-state index in [2.05, 4.69) is 14.7 Å². The Labute approximate surface area is 126 Å². The fourth-order valence-electron chi connectivity index (χ4n) is 2.22. The van der Waals surface area contributed by atoms with Crippen LogP contribution in [0.3, 0.4) is 0 Å². The van der Waals surface area contributed by atoms with E-state index in [0.717, 1.165) is 11.3 Å². The highest BCUT2D eigenvalue weighted by Gasteiger charge is 2.61. The van der Waals surface area contributed by atoms with Gasteiger partial charge in [0.25, 0.3) is 0 Å². The van der Waals surface area contributed by atoms with Crippen LogP contribution in [0.5, 0.6) is 0 Å². The predicted octanol–water partition coefficient (Wildman–Crippen LogP) is 2.97. The fourth-order valence-corrected chi connectivity index (χ4v) is 3.31. The molecular weight excluding hydrogens is 319 g/mol. The smallest absolute Gasteiger partial charge is 0.370 e. The van der Waals surface area contributed by atoms with Crippen LogP contribution in [0, 0.1) is 6.92 Å². The molecule has 22 heavy (non-hydrogen) atoms. The summed E-state index contributed by atoms with van der Waals surface area (Å²) in [7, 11) is 0. The van der Waals surface area contributed by atoms with Crippen molar-refractivity contribution >= 4 is 27.4 Å². The highest BCUT2D eigenvalue weighted by atomic mass is 32.1. The van der Waals surface area contributed by atoms with Crippen LogP contribution in [-0.2, 0) is 5.60 Å². The first kappa shape index (κ1) is 14.8. The van der Waals surface area contributed by atoms with E-state index in [1.165, 1.54) is 6.92 Å². The molecule has 2 aromatic heterocycles. The monoisotopic (exact) mass is 329 g/mol. The zero-order valence-corrected chi connectivity index (χ0v) is 12.0. The molecule has 0 amide bonds. The molecule has 9 heteroatoms. The Bertz CT molecular complexity index is 790. The quantitative estimate of drug-likeness (QED) is 0.755. The Morgan fingerprint density at radius 1 is 1.27 bits per heavy atom. The van der Waals surface area contributed by atoms with E-state index < -0.39 is 28.2 Å². The summed E-state index contributed by atoms with van der Waals surface area (Å²) in [5.74, 6) is -0.586. The summed E-state index contributed by atoms with van der Waals surface area (Å²) in [5.41, 5.74) is 1.66. The molecule has 5 nitrogen and oxygen atoms in total. The molecule has 1 aromatic carbocycles. The summed E-state index contributed by atoms with van der Waals surface area (Å²) in [6.45, 7) is 1.28. The second-order valence-electron chi connectivity index (χ2n) is 4.70. The van der Waals surface area contributed by atoms with E-state index in [0.29, 0.717) is 10.2 Å². The van der Waals surface area contributed by atoms with E-state index >= 15 is 0 Å². The lowest BCUT2D eigenvalue weighted by atomic mass is 9.93. The first-order valence-electron chi connectivity index (χ1n) is 6.12. The topological polar surface area (TPSA) is 85.2 Å². The van der Waals surface area contributed by atoms with Gasteiger partial charge >= 0.3 is 6.18 Å². The average molecular weight is 329 g/mol. The maximum absolute atomic E-state index is 13.6. The van der Waals surface area contributed by atoms with Crippen LogP contribution in [0.25, 0.3) is 10.2 Å². The molecule has 3 aromatic rings. The van der Waals surface area contributed by atoms with Gasteiger partial charge in [-0.25, -0.2) is 4.98 Å². The molecule has 1 atom stereocenters. The number of hydrogen-bond donors (Lipinski definition) is 2. The lowest BCUT2D eigenvalue weighted by Gasteiger charge is -2.28. The number of anilines is 1. The number of aryl methyl sites for hydroxylation is 1. The van der Waals surface area contributed by atoms with Gasteiger partial charge in [-0.2, -0.15) is 13.2 Å². The third kappa shape index (κ3) is 1.97. The molecule has 3 N–H and O–H groups in total. The van der Waals surface area contributed by atoms with E-state index in [4.69, 9.17) is 5.73 Å². The predicted molar refractivity (Wildman–Crippen MR) is 74.3 cm³/mol. The zero-order valence-electron chi connectivity index (χ0n) is 11.2. The number of rotatable bonds is 2. The van der Waals surface area contributed by atoms with Crippen molar-refractivity contribution in [1.82, 2.24) is 10.1 Å². The van der Waals surface area contributed by atoms with Gasteiger partial charge in [0.05, 0.1) is 21.5 Å². The molecule has 0 aliphatic carbocycles. The Kier molecular flexibility index (Phi) is 3.15. The maximum atomic E-state index is 13.6. The van der Waals surface area contributed by atoms with Crippen LogP contribution in [0.15, 0.2) is 28.8 Å². The summed E-state index contributed by atoms with van der Waals surface area (Å²) in [6.07, 6.45) is -5.04. The molecular formula is C13H10F3N3O2S. The maximum Gasteiger partial charge on any atom is 0.428 e. The van der Waals surface area contributed by atoms with Gasteiger partial charge in [0.15, 0.2) is 0 Å². The van der Waals surface area contributed by atoms with Crippen LogP contribution >= 0.6 is 11.3 Å². The Morgan fingerprint density at radius 2 is 1.95 bits per heavy atom. The van der Waals surface area contributed by atoms with Crippen molar-refractivity contribution in [3.8, 4) is 0 Å². The molecule has 0 spiro atoms. The summed E-state index contributed by atoms with van der Waals surface area (Å²) >= 11 is 0.741. The van der Waals surface area contributed by atoms with Crippen LogP contribution in [0.1, 0.15) is 16.3 Å². The average Bonchev–Trinajstić information content (AvgIpc) is 3.01. The van der Waals surface area contributed by atoms with Gasteiger partial charge < -0.3 is 15.4 Å². The summed E-state index contributed by atoms with van der Waals surface area (Å²) in [4.78, 5) is 3.91. The molecule has 0 bridgehead atoms. The van der Waals surface area contributed by atoms with Crippen molar-refractivity contribution in [2.75, 3.05) is 5.73 Å². The lowest BCUT2D eigenvalue weighted by Crippen LogP contribution is -2.44. The van der Waals surface area contributed by atoms with Crippen LogP contribution in [0.4, 0.5) is 19.1 Å². The van der Waals surface area contributed by atoms with Crippen molar-refractivity contribution in [3.63, 3.8) is 0 Å². The highest BCUT2D eigenvalue weighted by Crippen LogP contribution is 2.49. The third-order valence-electron chi connectivity index (χ3n) is 3.26. The van der Waals surface area contributed by atoms with E-state index in [1.54, 1.807) is 24.3 Å². The SMILES string of the molecule is Cc1noc(N)c1C(O)(c1nc2ccccc2s1)C(F)(F)F. The number of halogens is 3. The van der Waals surface area contributed by atoms with Gasteiger partial charge in [0.1, 0.15) is 5.01 Å². The Hall–Kier alpha value is -2.13. The van der Waals surface area contributed by atoms with Crippen LogP contribution < -0.4 is 5.73 Å².